The number of halogens is 1. The summed E-state index contributed by atoms with van der Waals surface area (Å²) in [4.78, 5) is 12.0. The molecule has 0 aromatic heterocycles. The van der Waals surface area contributed by atoms with E-state index in [9.17, 15) is 18.3 Å². The first-order valence-electron chi connectivity index (χ1n) is 8.91. The van der Waals surface area contributed by atoms with Gasteiger partial charge in [-0.1, -0.05) is 29.8 Å². The Morgan fingerprint density at radius 2 is 1.93 bits per heavy atom. The maximum atomic E-state index is 13.1. The molecule has 0 aliphatic carbocycles. The van der Waals surface area contributed by atoms with E-state index in [1.807, 2.05) is 24.3 Å². The van der Waals surface area contributed by atoms with Crippen molar-refractivity contribution in [2.24, 2.45) is 0 Å². The van der Waals surface area contributed by atoms with Crippen molar-refractivity contribution in [2.45, 2.75) is 36.0 Å². The standard InChI is InChI=1S/C17H24ClN3O5S/c18-14-4-2-1-3-13(14)12-6-9-21(10-7-12)27(25,26)15-5-8-19-11-17(15,23)16(22)20-24/h1-4,12,15,19,23-24H,5-11H2,(H,20,22). The highest BCUT2D eigenvalue weighted by molar-refractivity contribution is 7.89. The predicted octanol–water partition coefficient (Wildman–Crippen LogP) is 0.448. The number of nitrogens with one attached hydrogen (secondary N) is 2. The van der Waals surface area contributed by atoms with E-state index in [0.29, 0.717) is 37.5 Å². The molecule has 27 heavy (non-hydrogen) atoms. The van der Waals surface area contributed by atoms with E-state index in [0.717, 1.165) is 5.56 Å². The van der Waals surface area contributed by atoms with Gasteiger partial charge in [-0.3, -0.25) is 10.0 Å². The van der Waals surface area contributed by atoms with Crippen molar-refractivity contribution < 1.29 is 23.5 Å². The number of sulfonamides is 1. The molecule has 2 fully saturated rings. The number of carbonyl (C=O) groups is 1. The van der Waals surface area contributed by atoms with Crippen molar-refractivity contribution >= 4 is 27.5 Å². The third-order valence-corrected chi connectivity index (χ3v) is 8.30. The van der Waals surface area contributed by atoms with E-state index in [2.05, 4.69) is 5.32 Å². The van der Waals surface area contributed by atoms with Gasteiger partial charge in [0.2, 0.25) is 10.0 Å². The molecule has 0 radical (unpaired) electrons. The maximum absolute atomic E-state index is 13.1. The van der Waals surface area contributed by atoms with Crippen molar-refractivity contribution in [3.63, 3.8) is 0 Å². The molecule has 0 bridgehead atoms. The number of hydroxylamine groups is 1. The zero-order chi connectivity index (χ0) is 19.7. The highest BCUT2D eigenvalue weighted by atomic mass is 35.5. The van der Waals surface area contributed by atoms with Crippen LogP contribution < -0.4 is 10.8 Å². The molecule has 1 aromatic carbocycles. The van der Waals surface area contributed by atoms with Crippen molar-refractivity contribution in [3.8, 4) is 0 Å². The largest absolute Gasteiger partial charge is 0.377 e. The SMILES string of the molecule is O=C(NO)C1(O)CNCCC1S(=O)(=O)N1CCC(c2ccccc2Cl)CC1. The minimum atomic E-state index is -3.93. The Hall–Kier alpha value is -1.23. The molecule has 0 saturated carbocycles. The quantitative estimate of drug-likeness (QED) is 0.417. The van der Waals surface area contributed by atoms with Gasteiger partial charge in [0.1, 0.15) is 5.25 Å². The van der Waals surface area contributed by atoms with Crippen LogP contribution in [0.2, 0.25) is 5.02 Å². The first kappa shape index (κ1) is 20.5. The summed E-state index contributed by atoms with van der Waals surface area (Å²) in [5.74, 6) is -0.952. The van der Waals surface area contributed by atoms with Crippen LogP contribution in [-0.2, 0) is 14.8 Å². The van der Waals surface area contributed by atoms with Crippen LogP contribution in [0.4, 0.5) is 0 Å². The van der Waals surface area contributed by atoms with E-state index < -0.39 is 26.8 Å². The Bertz CT molecular complexity index is 798. The molecule has 0 spiro atoms. The lowest BCUT2D eigenvalue weighted by Gasteiger charge is -2.41. The number of β-amino-alcohol motifs (C(OH)–C–C–N with tert-alkyl or cyclic N) is 1. The maximum Gasteiger partial charge on any atom is 0.278 e. The molecule has 1 aromatic rings. The second kappa shape index (κ2) is 8.02. The molecular formula is C17H24ClN3O5S. The first-order valence-corrected chi connectivity index (χ1v) is 10.8. The number of rotatable bonds is 4. The van der Waals surface area contributed by atoms with Crippen LogP contribution in [0.15, 0.2) is 24.3 Å². The van der Waals surface area contributed by atoms with Gasteiger partial charge in [-0.25, -0.2) is 18.2 Å². The highest BCUT2D eigenvalue weighted by Gasteiger charge is 2.54. The lowest BCUT2D eigenvalue weighted by Crippen LogP contribution is -2.67. The monoisotopic (exact) mass is 417 g/mol. The number of amides is 1. The van der Waals surface area contributed by atoms with E-state index in [1.165, 1.54) is 9.79 Å². The van der Waals surface area contributed by atoms with Gasteiger partial charge < -0.3 is 10.4 Å². The molecule has 2 saturated heterocycles. The predicted molar refractivity (Wildman–Crippen MR) is 100 cm³/mol. The molecule has 2 aliphatic rings. The van der Waals surface area contributed by atoms with Gasteiger partial charge >= 0.3 is 0 Å². The first-order chi connectivity index (χ1) is 12.8. The van der Waals surface area contributed by atoms with Gasteiger partial charge in [-0.2, -0.15) is 0 Å². The van der Waals surface area contributed by atoms with E-state index in [4.69, 9.17) is 16.8 Å². The Balaban J connectivity index is 1.76. The number of aliphatic hydroxyl groups is 1. The average molecular weight is 418 g/mol. The molecule has 3 rings (SSSR count). The van der Waals surface area contributed by atoms with Crippen molar-refractivity contribution in [3.05, 3.63) is 34.9 Å². The molecule has 2 unspecified atom stereocenters. The fraction of sp³-hybridized carbons (Fsp3) is 0.588. The van der Waals surface area contributed by atoms with Crippen LogP contribution >= 0.6 is 11.6 Å². The van der Waals surface area contributed by atoms with Gasteiger partial charge in [0, 0.05) is 24.7 Å². The molecule has 1 amide bonds. The molecular weight excluding hydrogens is 394 g/mol. The molecule has 2 aliphatic heterocycles. The molecule has 2 heterocycles. The molecule has 2 atom stereocenters. The van der Waals surface area contributed by atoms with Crippen LogP contribution in [0.25, 0.3) is 0 Å². The van der Waals surface area contributed by atoms with E-state index in [-0.39, 0.29) is 18.9 Å². The van der Waals surface area contributed by atoms with Gasteiger partial charge in [0.25, 0.3) is 5.91 Å². The summed E-state index contributed by atoms with van der Waals surface area (Å²) in [6.07, 6.45) is 1.30. The lowest BCUT2D eigenvalue weighted by molar-refractivity contribution is -0.150. The summed E-state index contributed by atoms with van der Waals surface area (Å²) in [5, 5.41) is 21.8. The second-order valence-corrected chi connectivity index (χ2v) is 9.58. The Labute approximate surface area is 163 Å². The average Bonchev–Trinajstić information content (AvgIpc) is 2.68. The van der Waals surface area contributed by atoms with Crippen LogP contribution in [0.1, 0.15) is 30.7 Å². The fourth-order valence-electron chi connectivity index (χ4n) is 3.99. The molecule has 4 N–H and O–H groups in total. The number of carbonyl (C=O) groups excluding carboxylic acids is 1. The van der Waals surface area contributed by atoms with Crippen LogP contribution in [0, 0.1) is 0 Å². The molecule has 10 heteroatoms. The molecule has 150 valence electrons. The number of hydrogen-bond acceptors (Lipinski definition) is 6. The van der Waals surface area contributed by atoms with Crippen LogP contribution in [0.5, 0.6) is 0 Å². The van der Waals surface area contributed by atoms with Crippen LogP contribution in [-0.4, -0.2) is 66.0 Å². The van der Waals surface area contributed by atoms with Crippen molar-refractivity contribution in [1.82, 2.24) is 15.1 Å². The van der Waals surface area contributed by atoms with Gasteiger partial charge in [0.15, 0.2) is 5.60 Å². The van der Waals surface area contributed by atoms with E-state index in [1.54, 1.807) is 0 Å². The molecule has 8 nitrogen and oxygen atoms in total. The van der Waals surface area contributed by atoms with Crippen molar-refractivity contribution in [2.75, 3.05) is 26.2 Å². The second-order valence-electron chi connectivity index (χ2n) is 7.06. The normalized spacial score (nSPS) is 28.0. The zero-order valence-corrected chi connectivity index (χ0v) is 16.3. The summed E-state index contributed by atoms with van der Waals surface area (Å²) >= 11 is 6.25. The third-order valence-electron chi connectivity index (χ3n) is 5.52. The minimum Gasteiger partial charge on any atom is -0.377 e. The topological polar surface area (TPSA) is 119 Å². The Kier molecular flexibility index (Phi) is 6.09. The smallest absolute Gasteiger partial charge is 0.278 e. The minimum absolute atomic E-state index is 0.0801. The third kappa shape index (κ3) is 3.85. The van der Waals surface area contributed by atoms with Gasteiger partial charge in [-0.15, -0.1) is 0 Å². The number of nitrogens with zero attached hydrogens (tertiary/aromatic N) is 1. The lowest BCUT2D eigenvalue weighted by atomic mass is 9.90. The van der Waals surface area contributed by atoms with E-state index >= 15 is 0 Å². The zero-order valence-electron chi connectivity index (χ0n) is 14.8. The summed E-state index contributed by atoms with van der Waals surface area (Å²) in [6.45, 7) is 0.707. The van der Waals surface area contributed by atoms with Crippen LogP contribution in [0.3, 0.4) is 0 Å². The number of piperidine rings is 2. The van der Waals surface area contributed by atoms with Gasteiger partial charge in [0.05, 0.1) is 0 Å². The summed E-state index contributed by atoms with van der Waals surface area (Å²) in [7, 11) is -3.93. The number of benzene rings is 1. The Morgan fingerprint density at radius 1 is 1.26 bits per heavy atom. The summed E-state index contributed by atoms with van der Waals surface area (Å²) in [6, 6.07) is 7.54. The summed E-state index contributed by atoms with van der Waals surface area (Å²) < 4.78 is 27.6. The number of hydrogen-bond donors (Lipinski definition) is 4. The Morgan fingerprint density at radius 3 is 2.56 bits per heavy atom. The fourth-order valence-corrected chi connectivity index (χ4v) is 6.46. The summed E-state index contributed by atoms with van der Waals surface area (Å²) in [5.41, 5.74) is 0.180. The highest BCUT2D eigenvalue weighted by Crippen LogP contribution is 2.35. The van der Waals surface area contributed by atoms with Gasteiger partial charge in [-0.05, 0) is 43.4 Å². The van der Waals surface area contributed by atoms with Crippen molar-refractivity contribution in [1.29, 1.82) is 0 Å².